The molecule has 4 unspecified atom stereocenters. The molecule has 10 nitrogen and oxygen atoms in total. The molecule has 186 valence electrons. The van der Waals surface area contributed by atoms with E-state index in [0.29, 0.717) is 11.5 Å². The van der Waals surface area contributed by atoms with Crippen molar-refractivity contribution in [2.75, 3.05) is 20.3 Å². The predicted octanol–water partition coefficient (Wildman–Crippen LogP) is 1.12. The summed E-state index contributed by atoms with van der Waals surface area (Å²) >= 11 is 0. The van der Waals surface area contributed by atoms with E-state index < -0.39 is 48.6 Å². The van der Waals surface area contributed by atoms with E-state index in [1.54, 1.807) is 0 Å². The Labute approximate surface area is 197 Å². The quantitative estimate of drug-likeness (QED) is 0.285. The Bertz CT molecular complexity index is 907. The summed E-state index contributed by atoms with van der Waals surface area (Å²) in [5.41, 5.74) is 0.550. The highest BCUT2D eigenvalue weighted by molar-refractivity contribution is 6.01. The van der Waals surface area contributed by atoms with Crippen molar-refractivity contribution in [1.29, 1.82) is 0 Å². The number of ether oxygens (including phenoxy) is 6. The van der Waals surface area contributed by atoms with Crippen LogP contribution < -0.4 is 0 Å². The van der Waals surface area contributed by atoms with Gasteiger partial charge in [0.1, 0.15) is 18.8 Å². The van der Waals surface area contributed by atoms with Crippen LogP contribution in [0.15, 0.2) is 23.8 Å². The van der Waals surface area contributed by atoms with Crippen LogP contribution in [-0.4, -0.2) is 74.7 Å². The molecule has 2 fully saturated rings. The summed E-state index contributed by atoms with van der Waals surface area (Å²) in [6, 6.07) is 0. The molecule has 1 heterocycles. The van der Waals surface area contributed by atoms with Crippen molar-refractivity contribution in [3.63, 3.8) is 0 Å². The zero-order valence-corrected chi connectivity index (χ0v) is 19.6. The van der Waals surface area contributed by atoms with Gasteiger partial charge in [-0.25, -0.2) is 0 Å². The molecule has 1 aliphatic heterocycles. The lowest BCUT2D eigenvalue weighted by atomic mass is 9.85. The molecule has 0 amide bonds. The number of hydrogen-bond donors (Lipinski definition) is 0. The van der Waals surface area contributed by atoms with Gasteiger partial charge in [-0.3, -0.25) is 19.2 Å². The SMILES string of the molecule is CO[C@@H]1O[C@H](COC(C)=O)[C@H](OC(C)=O)[C@H](OCC2=CC3C4C=CC(C4)C3C2=O)[C@H]1OC(C)=O. The van der Waals surface area contributed by atoms with Crippen molar-refractivity contribution >= 4 is 23.7 Å². The minimum Gasteiger partial charge on any atom is -0.463 e. The highest BCUT2D eigenvalue weighted by Crippen LogP contribution is 2.53. The molecule has 1 saturated heterocycles. The average molecular weight is 478 g/mol. The molecule has 0 spiro atoms. The summed E-state index contributed by atoms with van der Waals surface area (Å²) in [4.78, 5) is 48.2. The minimum absolute atomic E-state index is 0.0534. The lowest BCUT2D eigenvalue weighted by molar-refractivity contribution is -0.305. The third-order valence-corrected chi connectivity index (χ3v) is 6.84. The lowest BCUT2D eigenvalue weighted by Gasteiger charge is -2.44. The number of carbonyl (C=O) groups is 4. The number of carbonyl (C=O) groups excluding carboxylic acids is 4. The van der Waals surface area contributed by atoms with Crippen LogP contribution in [0, 0.1) is 23.7 Å². The number of fused-ring (bicyclic) bond motifs is 5. The first-order valence-corrected chi connectivity index (χ1v) is 11.4. The first-order valence-electron chi connectivity index (χ1n) is 11.4. The number of ketones is 1. The Morgan fingerprint density at radius 1 is 0.971 bits per heavy atom. The Kier molecular flexibility index (Phi) is 7.20. The van der Waals surface area contributed by atoms with Gasteiger partial charge in [0.15, 0.2) is 24.3 Å². The third kappa shape index (κ3) is 4.80. The van der Waals surface area contributed by atoms with Crippen LogP contribution >= 0.6 is 0 Å². The maximum Gasteiger partial charge on any atom is 0.303 e. The van der Waals surface area contributed by atoms with Crippen molar-refractivity contribution in [2.24, 2.45) is 23.7 Å². The second-order valence-electron chi connectivity index (χ2n) is 9.11. The monoisotopic (exact) mass is 478 g/mol. The normalized spacial score (nSPS) is 37.8. The van der Waals surface area contributed by atoms with Crippen LogP contribution in [0.4, 0.5) is 0 Å². The van der Waals surface area contributed by atoms with E-state index in [0.717, 1.165) is 6.42 Å². The number of rotatable bonds is 8. The van der Waals surface area contributed by atoms with Gasteiger partial charge < -0.3 is 28.4 Å². The predicted molar refractivity (Wildman–Crippen MR) is 114 cm³/mol. The first-order chi connectivity index (χ1) is 16.2. The fourth-order valence-electron chi connectivity index (χ4n) is 5.53. The lowest BCUT2D eigenvalue weighted by Crippen LogP contribution is -2.62. The van der Waals surface area contributed by atoms with E-state index in [4.69, 9.17) is 28.4 Å². The fraction of sp³-hybridized carbons (Fsp3) is 0.667. The molecule has 34 heavy (non-hydrogen) atoms. The van der Waals surface area contributed by atoms with Gasteiger partial charge in [0.2, 0.25) is 0 Å². The van der Waals surface area contributed by atoms with E-state index in [2.05, 4.69) is 12.2 Å². The second-order valence-corrected chi connectivity index (χ2v) is 9.11. The number of allylic oxidation sites excluding steroid dienone is 3. The van der Waals surface area contributed by atoms with Crippen molar-refractivity contribution in [1.82, 2.24) is 0 Å². The average Bonchev–Trinajstić information content (AvgIpc) is 3.45. The second kappa shape index (κ2) is 9.97. The van der Waals surface area contributed by atoms with Gasteiger partial charge in [0, 0.05) is 39.4 Å². The van der Waals surface area contributed by atoms with Crippen LogP contribution in [0.3, 0.4) is 0 Å². The van der Waals surface area contributed by atoms with Crippen LogP contribution in [0.25, 0.3) is 0 Å². The van der Waals surface area contributed by atoms with Crippen LogP contribution in [0.2, 0.25) is 0 Å². The Morgan fingerprint density at radius 3 is 2.26 bits per heavy atom. The smallest absolute Gasteiger partial charge is 0.303 e. The Balaban J connectivity index is 1.56. The number of Topliss-reactive ketones (excluding diaryl/α,β-unsaturated/α-hetero) is 1. The van der Waals surface area contributed by atoms with E-state index in [-0.39, 0.29) is 36.8 Å². The van der Waals surface area contributed by atoms with Crippen molar-refractivity contribution < 1.29 is 47.6 Å². The van der Waals surface area contributed by atoms with Gasteiger partial charge in [-0.2, -0.15) is 0 Å². The summed E-state index contributed by atoms with van der Waals surface area (Å²) in [5, 5.41) is 0. The number of hydrogen-bond acceptors (Lipinski definition) is 10. The molecule has 0 aromatic heterocycles. The summed E-state index contributed by atoms with van der Waals surface area (Å²) in [6.45, 7) is 3.39. The molecule has 3 aliphatic carbocycles. The molecule has 1 saturated carbocycles. The zero-order valence-electron chi connectivity index (χ0n) is 19.6. The molecule has 0 aromatic carbocycles. The summed E-state index contributed by atoms with van der Waals surface area (Å²) in [5.74, 6) is -0.982. The molecule has 0 aromatic rings. The Morgan fingerprint density at radius 2 is 1.65 bits per heavy atom. The summed E-state index contributed by atoms with van der Waals surface area (Å²) in [7, 11) is 1.36. The summed E-state index contributed by atoms with van der Waals surface area (Å²) in [6.07, 6.45) is 2.06. The third-order valence-electron chi connectivity index (χ3n) is 6.84. The summed E-state index contributed by atoms with van der Waals surface area (Å²) < 4.78 is 33.3. The molecule has 9 atom stereocenters. The van der Waals surface area contributed by atoms with Crippen LogP contribution in [0.5, 0.6) is 0 Å². The van der Waals surface area contributed by atoms with Gasteiger partial charge in [0.05, 0.1) is 6.61 Å². The van der Waals surface area contributed by atoms with E-state index in [9.17, 15) is 19.2 Å². The molecule has 4 aliphatic rings. The molecule has 4 rings (SSSR count). The van der Waals surface area contributed by atoms with E-state index in [1.165, 1.54) is 27.9 Å². The molecule has 2 bridgehead atoms. The van der Waals surface area contributed by atoms with Crippen LogP contribution in [0.1, 0.15) is 27.2 Å². The molecule has 0 N–H and O–H groups in total. The highest BCUT2D eigenvalue weighted by atomic mass is 16.7. The minimum atomic E-state index is -1.09. The molecule has 10 heteroatoms. The van der Waals surface area contributed by atoms with Gasteiger partial charge in [-0.15, -0.1) is 0 Å². The van der Waals surface area contributed by atoms with Gasteiger partial charge in [-0.1, -0.05) is 18.2 Å². The molecule has 0 radical (unpaired) electrons. The van der Waals surface area contributed by atoms with Gasteiger partial charge in [0.25, 0.3) is 0 Å². The van der Waals surface area contributed by atoms with Gasteiger partial charge >= 0.3 is 17.9 Å². The van der Waals surface area contributed by atoms with Crippen molar-refractivity contribution in [3.05, 3.63) is 23.8 Å². The fourth-order valence-corrected chi connectivity index (χ4v) is 5.53. The number of methoxy groups -OCH3 is 1. The van der Waals surface area contributed by atoms with E-state index in [1.807, 2.05) is 6.08 Å². The van der Waals surface area contributed by atoms with Crippen molar-refractivity contribution in [3.8, 4) is 0 Å². The number of esters is 3. The molecular formula is C24H30O10. The van der Waals surface area contributed by atoms with Gasteiger partial charge in [-0.05, 0) is 24.2 Å². The maximum absolute atomic E-state index is 13.1. The Hall–Kier alpha value is -2.56. The standard InChI is InChI=1S/C24H30O10/c1-11(25)30-10-18-21(32-12(2)26)22(23(33-13(3)27)24(29-4)34-18)31-9-16-8-17-14-5-6-15(7-14)19(17)20(16)28/h5-6,8,14-15,17-19,21-24H,7,9-10H2,1-4H3/t14?,15?,17?,18-,19?,21+,22+,23-,24-/m1/s1. The van der Waals surface area contributed by atoms with E-state index >= 15 is 0 Å². The first kappa shape index (κ1) is 24.6. The maximum atomic E-state index is 13.1. The zero-order chi connectivity index (χ0) is 24.6. The topological polar surface area (TPSA) is 124 Å². The highest BCUT2D eigenvalue weighted by Gasteiger charge is 2.53. The molecular weight excluding hydrogens is 448 g/mol. The van der Waals surface area contributed by atoms with Crippen LogP contribution in [-0.2, 0) is 47.6 Å². The van der Waals surface area contributed by atoms with Crippen molar-refractivity contribution in [2.45, 2.75) is 57.9 Å². The largest absolute Gasteiger partial charge is 0.463 e.